The molecule has 31 heavy (non-hydrogen) atoms. The van der Waals surface area contributed by atoms with Gasteiger partial charge in [0.25, 0.3) is 0 Å². The molecule has 6 unspecified atom stereocenters. The van der Waals surface area contributed by atoms with Crippen molar-refractivity contribution >= 4 is 21.7 Å². The molecule has 12 atom stereocenters. The number of fused-ring (bicyclic) bond motifs is 7. The van der Waals surface area contributed by atoms with E-state index in [1.54, 1.807) is 0 Å². The molecule has 0 radical (unpaired) electrons. The van der Waals surface area contributed by atoms with Crippen LogP contribution in [0.3, 0.4) is 0 Å². The number of carbonyl (C=O) groups is 1. The quantitative estimate of drug-likeness (QED) is 0.368. The lowest BCUT2D eigenvalue weighted by molar-refractivity contribution is -0.273. The molecule has 174 valence electrons. The van der Waals surface area contributed by atoms with Crippen molar-refractivity contribution in [2.75, 3.05) is 6.61 Å². The van der Waals surface area contributed by atoms with Gasteiger partial charge in [0.1, 0.15) is 5.78 Å². The Bertz CT molecular complexity index is 760. The Morgan fingerprint density at radius 3 is 2.55 bits per heavy atom. The molecular weight excluding hydrogens is 452 g/mol. The molecule has 6 aliphatic rings. The maximum atomic E-state index is 12.4. The van der Waals surface area contributed by atoms with Crippen molar-refractivity contribution in [1.29, 1.82) is 0 Å². The van der Waals surface area contributed by atoms with Crippen LogP contribution in [0.15, 0.2) is 0 Å². The van der Waals surface area contributed by atoms with Crippen LogP contribution in [0.5, 0.6) is 0 Å². The number of hydrogen-bond donors (Lipinski definition) is 0. The van der Waals surface area contributed by atoms with Gasteiger partial charge in [-0.1, -0.05) is 43.6 Å². The van der Waals surface area contributed by atoms with Crippen molar-refractivity contribution in [3.05, 3.63) is 0 Å². The third-order valence-corrected chi connectivity index (χ3v) is 12.6. The van der Waals surface area contributed by atoms with E-state index >= 15 is 0 Å². The highest BCUT2D eigenvalue weighted by molar-refractivity contribution is 9.10. The summed E-state index contributed by atoms with van der Waals surface area (Å²) in [4.78, 5) is 12.5. The number of rotatable bonds is 0. The molecule has 0 bridgehead atoms. The Balaban J connectivity index is 1.27. The molecule has 3 nitrogen and oxygen atoms in total. The average molecular weight is 494 g/mol. The van der Waals surface area contributed by atoms with Crippen molar-refractivity contribution < 1.29 is 14.3 Å². The summed E-state index contributed by atoms with van der Waals surface area (Å²) in [5.41, 5.74) is 0.725. The van der Waals surface area contributed by atoms with Gasteiger partial charge in [-0.15, -0.1) is 0 Å². The van der Waals surface area contributed by atoms with Crippen molar-refractivity contribution in [2.45, 2.75) is 102 Å². The van der Waals surface area contributed by atoms with Crippen LogP contribution in [0.2, 0.25) is 0 Å². The average Bonchev–Trinajstić information content (AvgIpc) is 3.16. The number of carbonyl (C=O) groups excluding carboxylic acids is 1. The van der Waals surface area contributed by atoms with Gasteiger partial charge in [0.15, 0.2) is 5.79 Å². The second kappa shape index (κ2) is 7.04. The Labute approximate surface area is 196 Å². The predicted octanol–water partition coefficient (Wildman–Crippen LogP) is 6.38. The van der Waals surface area contributed by atoms with E-state index < -0.39 is 0 Å². The van der Waals surface area contributed by atoms with Gasteiger partial charge in [0.05, 0.1) is 17.5 Å². The highest BCUT2D eigenvalue weighted by Crippen LogP contribution is 2.71. The Hall–Kier alpha value is 0.0700. The van der Waals surface area contributed by atoms with Crippen LogP contribution < -0.4 is 0 Å². The molecule has 2 saturated heterocycles. The van der Waals surface area contributed by atoms with Crippen LogP contribution in [0.25, 0.3) is 0 Å². The maximum Gasteiger partial charge on any atom is 0.171 e. The molecule has 1 spiro atoms. The van der Waals surface area contributed by atoms with Crippen LogP contribution >= 0.6 is 15.9 Å². The largest absolute Gasteiger partial charge is 0.349 e. The van der Waals surface area contributed by atoms with Crippen molar-refractivity contribution in [3.63, 3.8) is 0 Å². The monoisotopic (exact) mass is 492 g/mol. The first-order valence-electron chi connectivity index (χ1n) is 13.2. The molecule has 4 heteroatoms. The number of ether oxygens (including phenoxy) is 2. The molecule has 4 saturated carbocycles. The van der Waals surface area contributed by atoms with Gasteiger partial charge in [0.2, 0.25) is 0 Å². The van der Waals surface area contributed by atoms with Gasteiger partial charge in [-0.25, -0.2) is 0 Å². The lowest BCUT2D eigenvalue weighted by atomic mass is 9.44. The minimum absolute atomic E-state index is 0.0813. The number of ketones is 1. The van der Waals surface area contributed by atoms with Gasteiger partial charge in [-0.2, -0.15) is 0 Å². The third kappa shape index (κ3) is 2.86. The summed E-state index contributed by atoms with van der Waals surface area (Å²) in [7, 11) is 0. The lowest BCUT2D eigenvalue weighted by Gasteiger charge is -2.61. The van der Waals surface area contributed by atoms with Crippen LogP contribution in [0.1, 0.15) is 85.5 Å². The van der Waals surface area contributed by atoms with E-state index in [4.69, 9.17) is 9.47 Å². The van der Waals surface area contributed by atoms with Crippen molar-refractivity contribution in [1.82, 2.24) is 0 Å². The molecular formula is C27H41BrO3. The summed E-state index contributed by atoms with van der Waals surface area (Å²) < 4.78 is 13.4. The number of alkyl halides is 1. The number of halogens is 1. The zero-order valence-corrected chi connectivity index (χ0v) is 21.5. The zero-order valence-electron chi connectivity index (χ0n) is 19.9. The Kier molecular flexibility index (Phi) is 4.91. The fourth-order valence-electron chi connectivity index (χ4n) is 10.1. The Morgan fingerprint density at radius 2 is 1.81 bits per heavy atom. The molecule has 0 aromatic heterocycles. The van der Waals surface area contributed by atoms with Gasteiger partial charge >= 0.3 is 0 Å². The summed E-state index contributed by atoms with van der Waals surface area (Å²) in [5.74, 6) is 4.96. The predicted molar refractivity (Wildman–Crippen MR) is 125 cm³/mol. The van der Waals surface area contributed by atoms with E-state index in [1.807, 2.05) is 0 Å². The first-order chi connectivity index (χ1) is 14.7. The van der Waals surface area contributed by atoms with Gasteiger partial charge < -0.3 is 9.47 Å². The first-order valence-corrected chi connectivity index (χ1v) is 14.1. The molecule has 4 aliphatic carbocycles. The number of Topliss-reactive ketones (excluding diaryl/α,β-unsaturated/α-hetero) is 1. The second-order valence-corrected chi connectivity index (χ2v) is 14.1. The molecule has 0 aromatic rings. The lowest BCUT2D eigenvalue weighted by Crippen LogP contribution is -2.56. The fourth-order valence-corrected chi connectivity index (χ4v) is 11.0. The van der Waals surface area contributed by atoms with E-state index in [1.165, 1.54) is 38.5 Å². The van der Waals surface area contributed by atoms with Crippen LogP contribution in [0, 0.1) is 52.3 Å². The summed E-state index contributed by atoms with van der Waals surface area (Å²) in [6.45, 7) is 10.8. The summed E-state index contributed by atoms with van der Waals surface area (Å²) in [5, 5.41) is 0. The van der Waals surface area contributed by atoms with Crippen LogP contribution in [-0.4, -0.2) is 29.1 Å². The van der Waals surface area contributed by atoms with Crippen molar-refractivity contribution in [2.24, 2.45) is 52.3 Å². The van der Waals surface area contributed by atoms with Crippen LogP contribution in [-0.2, 0) is 14.3 Å². The molecule has 0 aromatic carbocycles. The van der Waals surface area contributed by atoms with E-state index in [0.717, 1.165) is 43.6 Å². The highest BCUT2D eigenvalue weighted by atomic mass is 79.9. The number of hydrogen-bond acceptors (Lipinski definition) is 3. The minimum atomic E-state index is -0.302. The van der Waals surface area contributed by atoms with Crippen LogP contribution in [0.4, 0.5) is 0 Å². The third-order valence-electron chi connectivity index (χ3n) is 11.7. The molecule has 6 rings (SSSR count). The molecule has 2 heterocycles. The summed E-state index contributed by atoms with van der Waals surface area (Å²) in [6, 6.07) is 0. The molecule has 0 amide bonds. The van der Waals surface area contributed by atoms with Gasteiger partial charge in [0, 0.05) is 18.8 Å². The van der Waals surface area contributed by atoms with E-state index in [9.17, 15) is 4.79 Å². The minimum Gasteiger partial charge on any atom is -0.349 e. The zero-order chi connectivity index (χ0) is 21.8. The van der Waals surface area contributed by atoms with Gasteiger partial charge in [-0.05, 0) is 91.3 Å². The van der Waals surface area contributed by atoms with E-state index in [-0.39, 0.29) is 10.6 Å². The summed E-state index contributed by atoms with van der Waals surface area (Å²) >= 11 is 3.74. The molecule has 2 aliphatic heterocycles. The maximum absolute atomic E-state index is 12.4. The van der Waals surface area contributed by atoms with Crippen molar-refractivity contribution in [3.8, 4) is 0 Å². The molecule has 0 N–H and O–H groups in total. The van der Waals surface area contributed by atoms with E-state index in [0.29, 0.717) is 46.4 Å². The summed E-state index contributed by atoms with van der Waals surface area (Å²) in [6.07, 6.45) is 11.1. The highest BCUT2D eigenvalue weighted by Gasteiger charge is 2.69. The second-order valence-electron chi connectivity index (χ2n) is 13.0. The van der Waals surface area contributed by atoms with E-state index in [2.05, 4.69) is 43.6 Å². The molecule has 6 fully saturated rings. The first kappa shape index (κ1) is 21.6. The smallest absolute Gasteiger partial charge is 0.171 e. The van der Waals surface area contributed by atoms with Gasteiger partial charge in [-0.3, -0.25) is 4.79 Å². The SMILES string of the molecule is C[C@@H]1CC[C@@]2(OC1)OC1CC3C4CCC5CC(=O)[C@H](Br)C[C@]5(C)C4CC[C@]3(C)C1[C@@H]2C. The normalized spacial score (nSPS) is 60.9. The fraction of sp³-hybridized carbons (Fsp3) is 0.963. The standard InChI is InChI=1S/C27H41BrO3/c1-15-7-10-27(30-14-15)16(2)24-23(31-27)12-20-18-6-5-17-11-22(29)21(28)13-26(17,4)19(18)8-9-25(20,24)3/h15-21,23-24H,5-14H2,1-4H3/t15-,16+,17?,18?,19?,20?,21-,23?,24?,25+,26+,27-/m1/s1. The Morgan fingerprint density at radius 1 is 1.00 bits per heavy atom. The topological polar surface area (TPSA) is 35.5 Å².